The van der Waals surface area contributed by atoms with Crippen molar-refractivity contribution in [1.29, 1.82) is 0 Å². The summed E-state index contributed by atoms with van der Waals surface area (Å²) in [5.41, 5.74) is 1.68. The molecule has 1 aromatic heterocycles. The molecule has 0 radical (unpaired) electrons. The first-order valence-corrected chi connectivity index (χ1v) is 6.73. The average molecular weight is 276 g/mol. The molecule has 0 aliphatic heterocycles. The smallest absolute Gasteiger partial charge is 0.131 e. The van der Waals surface area contributed by atoms with E-state index in [1.54, 1.807) is 6.20 Å². The monoisotopic (exact) mass is 276 g/mol. The Morgan fingerprint density at radius 1 is 1.15 bits per heavy atom. The predicted octanol–water partition coefficient (Wildman–Crippen LogP) is 3.76. The van der Waals surface area contributed by atoms with Gasteiger partial charge in [-0.05, 0) is 43.7 Å². The summed E-state index contributed by atoms with van der Waals surface area (Å²) in [6.07, 6.45) is 2.54. The standard InChI is InChI=1S/C16H18F2N2/c1-3-9-19-16(12-8-7-11(2)20-10-12)15-13(17)5-4-6-14(15)18/h4-8,10,16,19H,3,9H2,1-2H3. The van der Waals surface area contributed by atoms with Crippen molar-refractivity contribution in [2.24, 2.45) is 0 Å². The molecule has 0 bridgehead atoms. The molecule has 106 valence electrons. The lowest BCUT2D eigenvalue weighted by atomic mass is 9.98. The molecule has 20 heavy (non-hydrogen) atoms. The van der Waals surface area contributed by atoms with Crippen molar-refractivity contribution in [3.05, 3.63) is 65.0 Å². The molecule has 0 fully saturated rings. The second kappa shape index (κ2) is 6.57. The number of halogens is 2. The van der Waals surface area contributed by atoms with Gasteiger partial charge in [0.25, 0.3) is 0 Å². The lowest BCUT2D eigenvalue weighted by Gasteiger charge is -2.20. The molecule has 1 atom stereocenters. The maximum absolute atomic E-state index is 14.0. The molecule has 0 aliphatic carbocycles. The Balaban J connectivity index is 2.44. The Morgan fingerprint density at radius 3 is 2.40 bits per heavy atom. The number of benzene rings is 1. The van der Waals surface area contributed by atoms with Crippen molar-refractivity contribution in [3.63, 3.8) is 0 Å². The highest BCUT2D eigenvalue weighted by molar-refractivity contribution is 5.33. The molecular formula is C16H18F2N2. The van der Waals surface area contributed by atoms with Gasteiger partial charge >= 0.3 is 0 Å². The lowest BCUT2D eigenvalue weighted by Crippen LogP contribution is -2.25. The largest absolute Gasteiger partial charge is 0.306 e. The summed E-state index contributed by atoms with van der Waals surface area (Å²) in [4.78, 5) is 4.21. The van der Waals surface area contributed by atoms with Crippen molar-refractivity contribution >= 4 is 0 Å². The number of aryl methyl sites for hydroxylation is 1. The second-order valence-electron chi connectivity index (χ2n) is 4.76. The molecule has 0 amide bonds. The van der Waals surface area contributed by atoms with Crippen molar-refractivity contribution in [1.82, 2.24) is 10.3 Å². The Labute approximate surface area is 117 Å². The van der Waals surface area contributed by atoms with Gasteiger partial charge in [-0.15, -0.1) is 0 Å². The minimum Gasteiger partial charge on any atom is -0.306 e. The minimum absolute atomic E-state index is 0.0478. The van der Waals surface area contributed by atoms with Gasteiger partial charge in [0.05, 0.1) is 6.04 Å². The molecule has 0 saturated heterocycles. The maximum Gasteiger partial charge on any atom is 0.131 e. The van der Waals surface area contributed by atoms with Crippen LogP contribution in [0.15, 0.2) is 36.5 Å². The van der Waals surface area contributed by atoms with Crippen molar-refractivity contribution in [2.75, 3.05) is 6.54 Å². The number of hydrogen-bond acceptors (Lipinski definition) is 2. The first kappa shape index (κ1) is 14.6. The van der Waals surface area contributed by atoms with E-state index in [1.807, 2.05) is 26.0 Å². The molecule has 1 heterocycles. The van der Waals surface area contributed by atoms with Gasteiger partial charge in [-0.2, -0.15) is 0 Å². The zero-order chi connectivity index (χ0) is 14.5. The Hall–Kier alpha value is -1.81. The van der Waals surface area contributed by atoms with Crippen LogP contribution in [0.3, 0.4) is 0 Å². The molecule has 0 aliphatic rings. The van der Waals surface area contributed by atoms with Gasteiger partial charge in [0.15, 0.2) is 0 Å². The van der Waals surface area contributed by atoms with E-state index in [0.717, 1.165) is 17.7 Å². The van der Waals surface area contributed by atoms with Gasteiger partial charge in [-0.25, -0.2) is 8.78 Å². The highest BCUT2D eigenvalue weighted by Gasteiger charge is 2.21. The van der Waals surface area contributed by atoms with E-state index in [9.17, 15) is 8.78 Å². The molecular weight excluding hydrogens is 258 g/mol. The first-order chi connectivity index (χ1) is 9.63. The van der Waals surface area contributed by atoms with E-state index < -0.39 is 17.7 Å². The molecule has 0 saturated carbocycles. The highest BCUT2D eigenvalue weighted by atomic mass is 19.1. The van der Waals surface area contributed by atoms with Gasteiger partial charge in [0, 0.05) is 17.5 Å². The number of hydrogen-bond donors (Lipinski definition) is 1. The third-order valence-corrected chi connectivity index (χ3v) is 3.15. The molecule has 2 nitrogen and oxygen atoms in total. The van der Waals surface area contributed by atoms with Gasteiger partial charge in [0.1, 0.15) is 11.6 Å². The Kier molecular flexibility index (Phi) is 4.79. The maximum atomic E-state index is 14.0. The van der Waals surface area contributed by atoms with Crippen molar-refractivity contribution < 1.29 is 8.78 Å². The van der Waals surface area contributed by atoms with Crippen LogP contribution in [0.5, 0.6) is 0 Å². The van der Waals surface area contributed by atoms with Crippen molar-refractivity contribution in [2.45, 2.75) is 26.3 Å². The molecule has 4 heteroatoms. The number of pyridine rings is 1. The van der Waals surface area contributed by atoms with E-state index in [2.05, 4.69) is 10.3 Å². The third kappa shape index (κ3) is 3.20. The minimum atomic E-state index is -0.542. The molecule has 2 rings (SSSR count). The van der Waals surface area contributed by atoms with Gasteiger partial charge < -0.3 is 5.32 Å². The molecule has 1 unspecified atom stereocenters. The topological polar surface area (TPSA) is 24.9 Å². The summed E-state index contributed by atoms with van der Waals surface area (Å²) in [7, 11) is 0. The lowest BCUT2D eigenvalue weighted by molar-refractivity contribution is 0.502. The van der Waals surface area contributed by atoms with Crippen LogP contribution in [-0.4, -0.2) is 11.5 Å². The van der Waals surface area contributed by atoms with Gasteiger partial charge in [-0.3, -0.25) is 4.98 Å². The zero-order valence-electron chi connectivity index (χ0n) is 11.7. The molecule has 1 aromatic carbocycles. The van der Waals surface area contributed by atoms with Crippen LogP contribution in [0.4, 0.5) is 8.78 Å². The summed E-state index contributed by atoms with van der Waals surface area (Å²) in [6.45, 7) is 4.56. The zero-order valence-corrected chi connectivity index (χ0v) is 11.7. The number of rotatable bonds is 5. The van der Waals surface area contributed by atoms with E-state index in [-0.39, 0.29) is 5.56 Å². The van der Waals surface area contributed by atoms with E-state index in [1.165, 1.54) is 18.2 Å². The Morgan fingerprint density at radius 2 is 1.85 bits per heavy atom. The van der Waals surface area contributed by atoms with Crippen LogP contribution < -0.4 is 5.32 Å². The number of nitrogens with one attached hydrogen (secondary N) is 1. The van der Waals surface area contributed by atoms with Crippen LogP contribution in [-0.2, 0) is 0 Å². The Bertz CT molecular complexity index is 547. The third-order valence-electron chi connectivity index (χ3n) is 3.15. The molecule has 2 aromatic rings. The van der Waals surface area contributed by atoms with E-state index in [4.69, 9.17) is 0 Å². The summed E-state index contributed by atoms with van der Waals surface area (Å²) in [6, 6.07) is 7.10. The fourth-order valence-electron chi connectivity index (χ4n) is 2.11. The van der Waals surface area contributed by atoms with Crippen LogP contribution in [0.1, 0.15) is 36.2 Å². The summed E-state index contributed by atoms with van der Waals surface area (Å²) in [5, 5.41) is 3.18. The highest BCUT2D eigenvalue weighted by Crippen LogP contribution is 2.26. The number of aromatic nitrogens is 1. The van der Waals surface area contributed by atoms with Crippen molar-refractivity contribution in [3.8, 4) is 0 Å². The normalized spacial score (nSPS) is 12.4. The molecule has 1 N–H and O–H groups in total. The summed E-state index contributed by atoms with van der Waals surface area (Å²) < 4.78 is 28.0. The fraction of sp³-hybridized carbons (Fsp3) is 0.312. The fourth-order valence-corrected chi connectivity index (χ4v) is 2.11. The van der Waals surface area contributed by atoms with Crippen LogP contribution in [0, 0.1) is 18.6 Å². The van der Waals surface area contributed by atoms with E-state index >= 15 is 0 Å². The second-order valence-corrected chi connectivity index (χ2v) is 4.76. The van der Waals surface area contributed by atoms with Crippen LogP contribution >= 0.6 is 0 Å². The van der Waals surface area contributed by atoms with Gasteiger partial charge in [-0.1, -0.05) is 19.1 Å². The summed E-state index contributed by atoms with van der Waals surface area (Å²) in [5.74, 6) is -1.08. The van der Waals surface area contributed by atoms with E-state index in [0.29, 0.717) is 6.54 Å². The predicted molar refractivity (Wildman–Crippen MR) is 75.5 cm³/mol. The quantitative estimate of drug-likeness (QED) is 0.899. The average Bonchev–Trinajstić information content (AvgIpc) is 2.43. The molecule has 0 spiro atoms. The summed E-state index contributed by atoms with van der Waals surface area (Å²) >= 11 is 0. The van der Waals surface area contributed by atoms with Crippen LogP contribution in [0.25, 0.3) is 0 Å². The van der Waals surface area contributed by atoms with Gasteiger partial charge in [0.2, 0.25) is 0 Å². The van der Waals surface area contributed by atoms with Crippen LogP contribution in [0.2, 0.25) is 0 Å². The SMILES string of the molecule is CCCNC(c1ccc(C)nc1)c1c(F)cccc1F. The number of nitrogens with zero attached hydrogens (tertiary/aromatic N) is 1. The first-order valence-electron chi connectivity index (χ1n) is 6.73.